The number of alkyl carbamates (subject to hydrolysis) is 1. The second-order valence-corrected chi connectivity index (χ2v) is 10.1. The number of anilines is 1. The number of nitrogens with one attached hydrogen (secondary N) is 1. The van der Waals surface area contributed by atoms with Crippen LogP contribution in [0.25, 0.3) is 10.9 Å². The largest absolute Gasteiger partial charge is 0.444 e. The van der Waals surface area contributed by atoms with Crippen molar-refractivity contribution in [1.82, 2.24) is 25.1 Å². The van der Waals surface area contributed by atoms with Gasteiger partial charge in [-0.3, -0.25) is 14.6 Å². The van der Waals surface area contributed by atoms with E-state index in [0.717, 1.165) is 67.6 Å². The zero-order valence-corrected chi connectivity index (χ0v) is 21.0. The number of pyridine rings is 2. The van der Waals surface area contributed by atoms with Gasteiger partial charge < -0.3 is 15.0 Å². The molecule has 0 atom stereocenters. The molecule has 4 heterocycles. The quantitative estimate of drug-likeness (QED) is 0.510. The van der Waals surface area contributed by atoms with Crippen molar-refractivity contribution >= 4 is 22.7 Å². The van der Waals surface area contributed by atoms with Crippen LogP contribution in [0.4, 0.5) is 10.5 Å². The Balaban J connectivity index is 1.33. The Morgan fingerprint density at radius 1 is 1.21 bits per heavy atom. The van der Waals surface area contributed by atoms with Crippen LogP contribution in [0, 0.1) is 13.8 Å². The summed E-state index contributed by atoms with van der Waals surface area (Å²) in [6, 6.07) is 4.24. The Morgan fingerprint density at radius 2 is 2.03 bits per heavy atom. The smallest absolute Gasteiger partial charge is 0.407 e. The molecule has 34 heavy (non-hydrogen) atoms. The van der Waals surface area contributed by atoms with Gasteiger partial charge in [-0.15, -0.1) is 0 Å². The SMILES string of the molecule is Cc1cc(N2CCc3c(c(C)nn3CCCCCNC(=O)OC(C)(C)C)C2)c2ccncc2n1. The molecule has 3 aromatic heterocycles. The number of fused-ring (bicyclic) bond motifs is 2. The number of aryl methyl sites for hydroxylation is 3. The summed E-state index contributed by atoms with van der Waals surface area (Å²) in [6.45, 7) is 13.1. The molecule has 0 saturated heterocycles. The van der Waals surface area contributed by atoms with Crippen molar-refractivity contribution in [2.24, 2.45) is 0 Å². The van der Waals surface area contributed by atoms with E-state index in [4.69, 9.17) is 9.84 Å². The lowest BCUT2D eigenvalue weighted by molar-refractivity contribution is 0.0527. The van der Waals surface area contributed by atoms with E-state index in [1.165, 1.54) is 16.9 Å². The Morgan fingerprint density at radius 3 is 2.82 bits per heavy atom. The molecule has 0 aromatic carbocycles. The first-order chi connectivity index (χ1) is 16.2. The fraction of sp³-hybridized carbons (Fsp3) is 0.538. The molecule has 1 amide bonds. The predicted molar refractivity (Wildman–Crippen MR) is 134 cm³/mol. The summed E-state index contributed by atoms with van der Waals surface area (Å²) >= 11 is 0. The van der Waals surface area contributed by atoms with Crippen LogP contribution in [0.3, 0.4) is 0 Å². The number of aromatic nitrogens is 4. The second kappa shape index (κ2) is 9.99. The molecule has 8 heteroatoms. The summed E-state index contributed by atoms with van der Waals surface area (Å²) in [6.07, 6.45) is 7.31. The Kier molecular flexibility index (Phi) is 7.05. The normalized spacial score (nSPS) is 13.7. The molecular formula is C26H36N6O2. The van der Waals surface area contributed by atoms with Gasteiger partial charge in [0.2, 0.25) is 0 Å². The highest BCUT2D eigenvalue weighted by atomic mass is 16.6. The fourth-order valence-corrected chi connectivity index (χ4v) is 4.57. The van der Waals surface area contributed by atoms with Gasteiger partial charge in [0, 0.05) is 66.8 Å². The maximum atomic E-state index is 11.7. The number of ether oxygens (including phenoxy) is 1. The standard InChI is InChI=1S/C26H36N6O2/c1-18-15-24(20-9-12-27-16-22(20)29-18)31-14-10-23-21(17-31)19(2)30-32(23)13-8-6-7-11-28-25(33)34-26(3,4)5/h9,12,15-16H,6-8,10-11,13-14,17H2,1-5H3,(H,28,33). The van der Waals surface area contributed by atoms with Crippen molar-refractivity contribution in [3.63, 3.8) is 0 Å². The molecule has 0 saturated carbocycles. The van der Waals surface area contributed by atoms with Gasteiger partial charge in [0.25, 0.3) is 0 Å². The van der Waals surface area contributed by atoms with Crippen molar-refractivity contribution in [2.75, 3.05) is 18.0 Å². The number of amides is 1. The second-order valence-electron chi connectivity index (χ2n) is 10.1. The van der Waals surface area contributed by atoms with Gasteiger partial charge in [-0.25, -0.2) is 4.79 Å². The highest BCUT2D eigenvalue weighted by Gasteiger charge is 2.24. The zero-order chi connectivity index (χ0) is 24.3. The number of rotatable bonds is 7. The minimum absolute atomic E-state index is 0.345. The lowest BCUT2D eigenvalue weighted by Gasteiger charge is -2.31. The van der Waals surface area contributed by atoms with E-state index >= 15 is 0 Å². The maximum absolute atomic E-state index is 11.7. The lowest BCUT2D eigenvalue weighted by atomic mass is 10.0. The predicted octanol–water partition coefficient (Wildman–Crippen LogP) is 4.70. The van der Waals surface area contributed by atoms with Gasteiger partial charge in [-0.05, 0) is 66.0 Å². The van der Waals surface area contributed by atoms with E-state index in [1.54, 1.807) is 0 Å². The number of hydrogen-bond donors (Lipinski definition) is 1. The molecule has 0 aliphatic carbocycles. The Labute approximate surface area is 201 Å². The summed E-state index contributed by atoms with van der Waals surface area (Å²) in [5.74, 6) is 0. The third-order valence-electron chi connectivity index (χ3n) is 6.11. The fourth-order valence-electron chi connectivity index (χ4n) is 4.57. The molecule has 4 rings (SSSR count). The molecule has 8 nitrogen and oxygen atoms in total. The number of nitrogens with zero attached hydrogens (tertiary/aromatic N) is 5. The molecule has 0 unspecified atom stereocenters. The molecule has 3 aromatic rings. The van der Waals surface area contributed by atoms with E-state index in [-0.39, 0.29) is 6.09 Å². The molecule has 0 bridgehead atoms. The third-order valence-corrected chi connectivity index (χ3v) is 6.11. The minimum Gasteiger partial charge on any atom is -0.444 e. The first-order valence-corrected chi connectivity index (χ1v) is 12.2. The Bertz CT molecular complexity index is 1160. The summed E-state index contributed by atoms with van der Waals surface area (Å²) in [5.41, 5.74) is 6.53. The van der Waals surface area contributed by atoms with E-state index in [1.807, 2.05) is 40.1 Å². The summed E-state index contributed by atoms with van der Waals surface area (Å²) in [5, 5.41) is 8.84. The van der Waals surface area contributed by atoms with Gasteiger partial charge in [-0.2, -0.15) is 5.10 Å². The summed E-state index contributed by atoms with van der Waals surface area (Å²) < 4.78 is 7.47. The van der Waals surface area contributed by atoms with Gasteiger partial charge in [0.1, 0.15) is 5.60 Å². The highest BCUT2D eigenvalue weighted by molar-refractivity contribution is 5.91. The van der Waals surface area contributed by atoms with Crippen LogP contribution in [0.2, 0.25) is 0 Å². The molecule has 1 N–H and O–H groups in total. The number of hydrogen-bond acceptors (Lipinski definition) is 6. The van der Waals surface area contributed by atoms with Gasteiger partial charge in [0.05, 0.1) is 17.4 Å². The molecule has 0 spiro atoms. The topological polar surface area (TPSA) is 85.2 Å². The van der Waals surface area contributed by atoms with E-state index in [0.29, 0.717) is 6.54 Å². The lowest BCUT2D eigenvalue weighted by Crippen LogP contribution is -2.33. The zero-order valence-electron chi connectivity index (χ0n) is 21.0. The van der Waals surface area contributed by atoms with Crippen molar-refractivity contribution in [1.29, 1.82) is 0 Å². The average Bonchev–Trinajstić information content (AvgIpc) is 3.09. The van der Waals surface area contributed by atoms with Crippen LogP contribution in [0.15, 0.2) is 24.5 Å². The molecule has 0 radical (unpaired) electrons. The Hall–Kier alpha value is -3.16. The van der Waals surface area contributed by atoms with Crippen LogP contribution >= 0.6 is 0 Å². The van der Waals surface area contributed by atoms with Crippen molar-refractivity contribution < 1.29 is 9.53 Å². The molecular weight excluding hydrogens is 428 g/mol. The van der Waals surface area contributed by atoms with Crippen molar-refractivity contribution in [2.45, 2.75) is 79.0 Å². The van der Waals surface area contributed by atoms with Crippen LogP contribution in [0.5, 0.6) is 0 Å². The van der Waals surface area contributed by atoms with Gasteiger partial charge in [0.15, 0.2) is 0 Å². The van der Waals surface area contributed by atoms with Crippen LogP contribution in [0.1, 0.15) is 62.7 Å². The van der Waals surface area contributed by atoms with Gasteiger partial charge >= 0.3 is 6.09 Å². The first kappa shape index (κ1) is 24.0. The number of carbonyl (C=O) groups is 1. The van der Waals surface area contributed by atoms with E-state index < -0.39 is 5.60 Å². The third kappa shape index (κ3) is 5.66. The van der Waals surface area contributed by atoms with Crippen LogP contribution in [-0.2, 0) is 24.2 Å². The summed E-state index contributed by atoms with van der Waals surface area (Å²) in [7, 11) is 0. The highest BCUT2D eigenvalue weighted by Crippen LogP contribution is 2.31. The van der Waals surface area contributed by atoms with Crippen molar-refractivity contribution in [3.8, 4) is 0 Å². The first-order valence-electron chi connectivity index (χ1n) is 12.2. The molecule has 1 aliphatic heterocycles. The minimum atomic E-state index is -0.461. The van der Waals surface area contributed by atoms with Crippen LogP contribution < -0.4 is 10.2 Å². The number of carbonyl (C=O) groups excluding carboxylic acids is 1. The van der Waals surface area contributed by atoms with Crippen LogP contribution in [-0.4, -0.2) is 44.5 Å². The monoisotopic (exact) mass is 464 g/mol. The van der Waals surface area contributed by atoms with Crippen molar-refractivity contribution in [3.05, 3.63) is 47.2 Å². The van der Waals surface area contributed by atoms with E-state index in [2.05, 4.69) is 43.9 Å². The van der Waals surface area contributed by atoms with E-state index in [9.17, 15) is 4.79 Å². The maximum Gasteiger partial charge on any atom is 0.407 e. The molecule has 0 fully saturated rings. The number of unbranched alkanes of at least 4 members (excludes halogenated alkanes) is 2. The molecule has 1 aliphatic rings. The van der Waals surface area contributed by atoms with Gasteiger partial charge in [-0.1, -0.05) is 0 Å². The summed E-state index contributed by atoms with van der Waals surface area (Å²) in [4.78, 5) is 23.1. The average molecular weight is 465 g/mol. The molecule has 182 valence electrons.